The number of hydrogen-bond acceptors (Lipinski definition) is 6. The van der Waals surface area contributed by atoms with Gasteiger partial charge in [0, 0.05) is 44.3 Å². The third-order valence-corrected chi connectivity index (χ3v) is 4.63. The Hall–Kier alpha value is -1.70. The van der Waals surface area contributed by atoms with E-state index in [0.29, 0.717) is 24.2 Å². The highest BCUT2D eigenvalue weighted by atomic mass is 16.6. The predicted molar refractivity (Wildman–Crippen MR) is 86.7 cm³/mol. The summed E-state index contributed by atoms with van der Waals surface area (Å²) in [5.41, 5.74) is 0.700. The van der Waals surface area contributed by atoms with Crippen LogP contribution >= 0.6 is 0 Å². The molecule has 1 N–H and O–H groups in total. The van der Waals surface area contributed by atoms with Crippen molar-refractivity contribution in [3.8, 4) is 0 Å². The third-order valence-electron chi connectivity index (χ3n) is 4.63. The molecule has 0 radical (unpaired) electrons. The summed E-state index contributed by atoms with van der Waals surface area (Å²) in [5.74, 6) is 0.461. The molecule has 0 spiro atoms. The zero-order valence-corrected chi connectivity index (χ0v) is 13.1. The van der Waals surface area contributed by atoms with Gasteiger partial charge in [-0.3, -0.25) is 15.0 Å². The third kappa shape index (κ3) is 3.99. The summed E-state index contributed by atoms with van der Waals surface area (Å²) in [6.45, 7) is 5.54. The van der Waals surface area contributed by atoms with E-state index in [0.717, 1.165) is 45.9 Å². The molecule has 2 aliphatic rings. The van der Waals surface area contributed by atoms with Crippen molar-refractivity contribution in [2.45, 2.75) is 12.5 Å². The first-order valence-electron chi connectivity index (χ1n) is 8.12. The van der Waals surface area contributed by atoms with Gasteiger partial charge < -0.3 is 14.8 Å². The topological polar surface area (TPSA) is 76.9 Å². The van der Waals surface area contributed by atoms with Crippen LogP contribution in [0.2, 0.25) is 0 Å². The van der Waals surface area contributed by atoms with E-state index >= 15 is 0 Å². The fourth-order valence-electron chi connectivity index (χ4n) is 3.36. The number of nitro benzene ring substituents is 1. The molecule has 2 saturated heterocycles. The smallest absolute Gasteiger partial charge is 0.292 e. The van der Waals surface area contributed by atoms with Crippen molar-refractivity contribution in [2.75, 3.05) is 51.4 Å². The lowest BCUT2D eigenvalue weighted by Gasteiger charge is -2.37. The van der Waals surface area contributed by atoms with Crippen molar-refractivity contribution in [3.05, 3.63) is 34.4 Å². The van der Waals surface area contributed by atoms with Crippen molar-refractivity contribution in [2.24, 2.45) is 5.92 Å². The lowest BCUT2D eigenvalue weighted by molar-refractivity contribution is -0.384. The van der Waals surface area contributed by atoms with Crippen molar-refractivity contribution < 1.29 is 14.4 Å². The Morgan fingerprint density at radius 3 is 2.74 bits per heavy atom. The molecule has 23 heavy (non-hydrogen) atoms. The van der Waals surface area contributed by atoms with E-state index in [4.69, 9.17) is 9.47 Å². The van der Waals surface area contributed by atoms with Gasteiger partial charge in [0.15, 0.2) is 0 Å². The Labute approximate surface area is 135 Å². The molecule has 0 aromatic heterocycles. The molecule has 0 bridgehead atoms. The Bertz CT molecular complexity index is 528. The van der Waals surface area contributed by atoms with E-state index in [1.54, 1.807) is 12.1 Å². The summed E-state index contributed by atoms with van der Waals surface area (Å²) in [6, 6.07) is 7.11. The van der Waals surface area contributed by atoms with Crippen LogP contribution in [0.15, 0.2) is 24.3 Å². The molecule has 1 aromatic rings. The molecule has 7 nitrogen and oxygen atoms in total. The minimum absolute atomic E-state index is 0.121. The van der Waals surface area contributed by atoms with Gasteiger partial charge in [0.25, 0.3) is 5.69 Å². The summed E-state index contributed by atoms with van der Waals surface area (Å²) in [7, 11) is 0. The van der Waals surface area contributed by atoms with E-state index < -0.39 is 0 Å². The number of nitrogens with zero attached hydrogens (tertiary/aromatic N) is 2. The average molecular weight is 321 g/mol. The molecule has 0 aliphatic carbocycles. The molecule has 3 rings (SSSR count). The molecule has 0 amide bonds. The van der Waals surface area contributed by atoms with Gasteiger partial charge in [-0.1, -0.05) is 12.1 Å². The number of morpholine rings is 1. The molecular weight excluding hydrogens is 298 g/mol. The fraction of sp³-hybridized carbons (Fsp3) is 0.625. The number of para-hydroxylation sites is 2. The Morgan fingerprint density at radius 1 is 1.26 bits per heavy atom. The molecule has 7 heteroatoms. The monoisotopic (exact) mass is 321 g/mol. The van der Waals surface area contributed by atoms with Gasteiger partial charge in [-0.15, -0.1) is 0 Å². The molecule has 2 fully saturated rings. The Balaban J connectivity index is 1.69. The molecule has 2 aliphatic heterocycles. The summed E-state index contributed by atoms with van der Waals surface area (Å²) in [4.78, 5) is 13.2. The van der Waals surface area contributed by atoms with Crippen molar-refractivity contribution in [1.82, 2.24) is 4.90 Å². The maximum Gasteiger partial charge on any atom is 0.292 e. The minimum Gasteiger partial charge on any atom is -0.381 e. The molecule has 0 saturated carbocycles. The normalized spacial score (nSPS) is 23.6. The maximum atomic E-state index is 11.1. The van der Waals surface area contributed by atoms with E-state index in [1.165, 1.54) is 6.07 Å². The SMILES string of the molecule is O=[N+]([O-])c1ccccc1NC[C@@H]([C@@H]1CCOC1)N1CCOCC1. The number of nitrogens with one attached hydrogen (secondary N) is 1. The van der Waals surface area contributed by atoms with Crippen molar-refractivity contribution >= 4 is 11.4 Å². The molecule has 126 valence electrons. The fourth-order valence-corrected chi connectivity index (χ4v) is 3.36. The number of benzene rings is 1. The number of rotatable bonds is 6. The lowest BCUT2D eigenvalue weighted by Crippen LogP contribution is -2.50. The predicted octanol–water partition coefficient (Wildman–Crippen LogP) is 1.74. The van der Waals surface area contributed by atoms with Crippen LogP contribution in [0.25, 0.3) is 0 Å². The van der Waals surface area contributed by atoms with Gasteiger partial charge in [0.05, 0.1) is 24.7 Å². The summed E-state index contributed by atoms with van der Waals surface area (Å²) >= 11 is 0. The number of anilines is 1. The second-order valence-corrected chi connectivity index (χ2v) is 5.99. The second kappa shape index (κ2) is 7.72. The quantitative estimate of drug-likeness (QED) is 0.635. The molecule has 1 aromatic carbocycles. The van der Waals surface area contributed by atoms with E-state index in [9.17, 15) is 10.1 Å². The van der Waals surface area contributed by atoms with Crippen LogP contribution in [-0.4, -0.2) is 61.9 Å². The zero-order chi connectivity index (χ0) is 16.1. The molecule has 0 unspecified atom stereocenters. The van der Waals surface area contributed by atoms with Crippen LogP contribution in [-0.2, 0) is 9.47 Å². The van der Waals surface area contributed by atoms with E-state index in [-0.39, 0.29) is 10.6 Å². The van der Waals surface area contributed by atoms with E-state index in [2.05, 4.69) is 10.2 Å². The minimum atomic E-state index is -0.343. The largest absolute Gasteiger partial charge is 0.381 e. The van der Waals surface area contributed by atoms with E-state index in [1.807, 2.05) is 6.07 Å². The highest BCUT2D eigenvalue weighted by Crippen LogP contribution is 2.26. The number of nitro groups is 1. The number of hydrogen-bond donors (Lipinski definition) is 1. The van der Waals surface area contributed by atoms with Gasteiger partial charge in [-0.2, -0.15) is 0 Å². The highest BCUT2D eigenvalue weighted by molar-refractivity contribution is 5.61. The first kappa shape index (κ1) is 16.2. The lowest BCUT2D eigenvalue weighted by atomic mass is 9.96. The van der Waals surface area contributed by atoms with Crippen LogP contribution in [0.3, 0.4) is 0 Å². The summed E-state index contributed by atoms with van der Waals surface area (Å²) in [6.07, 6.45) is 1.04. The van der Waals surface area contributed by atoms with Crippen molar-refractivity contribution in [3.63, 3.8) is 0 Å². The molecular formula is C16H23N3O4. The van der Waals surface area contributed by atoms with Gasteiger partial charge in [0.1, 0.15) is 5.69 Å². The van der Waals surface area contributed by atoms with Gasteiger partial charge in [-0.25, -0.2) is 0 Å². The second-order valence-electron chi connectivity index (χ2n) is 5.99. The van der Waals surface area contributed by atoms with Crippen LogP contribution < -0.4 is 5.32 Å². The zero-order valence-electron chi connectivity index (χ0n) is 13.1. The molecule has 2 heterocycles. The van der Waals surface area contributed by atoms with Gasteiger partial charge in [0.2, 0.25) is 0 Å². The van der Waals surface area contributed by atoms with Crippen LogP contribution in [0.4, 0.5) is 11.4 Å². The maximum absolute atomic E-state index is 11.1. The summed E-state index contributed by atoms with van der Waals surface area (Å²) in [5, 5.41) is 14.4. The average Bonchev–Trinajstić information content (AvgIpc) is 3.10. The van der Waals surface area contributed by atoms with Crippen LogP contribution in [0.1, 0.15) is 6.42 Å². The van der Waals surface area contributed by atoms with Crippen LogP contribution in [0.5, 0.6) is 0 Å². The van der Waals surface area contributed by atoms with Crippen LogP contribution in [0, 0.1) is 16.0 Å². The molecule has 2 atom stereocenters. The van der Waals surface area contributed by atoms with Gasteiger partial charge >= 0.3 is 0 Å². The number of ether oxygens (including phenoxy) is 2. The van der Waals surface area contributed by atoms with Crippen molar-refractivity contribution in [1.29, 1.82) is 0 Å². The Morgan fingerprint density at radius 2 is 2.04 bits per heavy atom. The van der Waals surface area contributed by atoms with Gasteiger partial charge in [-0.05, 0) is 12.5 Å². The standard InChI is InChI=1S/C16H23N3O4/c20-19(21)15-4-2-1-3-14(15)17-11-16(13-5-8-23-12-13)18-6-9-22-10-7-18/h1-4,13,16-17H,5-12H2/t13-,16+/m1/s1. The first-order valence-corrected chi connectivity index (χ1v) is 8.12. The summed E-state index contributed by atoms with van der Waals surface area (Å²) < 4.78 is 11.0. The highest BCUT2D eigenvalue weighted by Gasteiger charge is 2.31. The Kier molecular flexibility index (Phi) is 5.43. The first-order chi connectivity index (χ1) is 11.3.